The highest BCUT2D eigenvalue weighted by atomic mass is 16.7. The van der Waals surface area contributed by atoms with Crippen molar-refractivity contribution in [3.63, 3.8) is 0 Å². The maximum absolute atomic E-state index is 9.99. The van der Waals surface area contributed by atoms with Crippen molar-refractivity contribution in [1.29, 1.82) is 0 Å². The van der Waals surface area contributed by atoms with E-state index in [2.05, 4.69) is 5.32 Å². The standard InChI is InChI=1S/C16H23NO4/c18-13(10-19-14-4-2-1-3-5-14)9-17-12-6-7-15-16(8-12)21-11-20-15/h6-8,13-14,17-18H,1-5,9-11H2. The first kappa shape index (κ1) is 14.5. The average molecular weight is 293 g/mol. The lowest BCUT2D eigenvalue weighted by Gasteiger charge is -2.23. The molecule has 2 N–H and O–H groups in total. The number of ether oxygens (including phenoxy) is 3. The van der Waals surface area contributed by atoms with Gasteiger partial charge < -0.3 is 24.6 Å². The third-order valence-corrected chi connectivity index (χ3v) is 3.99. The number of aliphatic hydroxyl groups is 1. The van der Waals surface area contributed by atoms with Crippen LogP contribution in [-0.4, -0.2) is 37.3 Å². The van der Waals surface area contributed by atoms with Gasteiger partial charge in [0.15, 0.2) is 11.5 Å². The number of aliphatic hydroxyl groups excluding tert-OH is 1. The zero-order valence-electron chi connectivity index (χ0n) is 12.2. The van der Waals surface area contributed by atoms with E-state index in [0.29, 0.717) is 19.3 Å². The van der Waals surface area contributed by atoms with E-state index in [1.165, 1.54) is 19.3 Å². The lowest BCUT2D eigenvalue weighted by molar-refractivity contribution is -0.0195. The van der Waals surface area contributed by atoms with Crippen LogP contribution in [-0.2, 0) is 4.74 Å². The third-order valence-electron chi connectivity index (χ3n) is 3.99. The maximum atomic E-state index is 9.99. The molecule has 0 spiro atoms. The summed E-state index contributed by atoms with van der Waals surface area (Å²) in [6.07, 6.45) is 5.89. The second-order valence-electron chi connectivity index (χ2n) is 5.70. The summed E-state index contributed by atoms with van der Waals surface area (Å²) in [5.41, 5.74) is 0.913. The van der Waals surface area contributed by atoms with Crippen molar-refractivity contribution in [2.24, 2.45) is 0 Å². The van der Waals surface area contributed by atoms with E-state index in [-0.39, 0.29) is 6.79 Å². The number of rotatable bonds is 6. The molecule has 1 unspecified atom stereocenters. The first-order chi connectivity index (χ1) is 10.3. The summed E-state index contributed by atoms with van der Waals surface area (Å²) < 4.78 is 16.4. The Morgan fingerprint density at radius 2 is 2.00 bits per heavy atom. The van der Waals surface area contributed by atoms with Crippen LogP contribution in [0.5, 0.6) is 11.5 Å². The first-order valence-corrected chi connectivity index (χ1v) is 7.74. The minimum absolute atomic E-state index is 0.274. The van der Waals surface area contributed by atoms with Gasteiger partial charge in [0.05, 0.1) is 18.8 Å². The minimum atomic E-state index is -0.502. The van der Waals surface area contributed by atoms with Crippen LogP contribution >= 0.6 is 0 Å². The molecular weight excluding hydrogens is 270 g/mol. The Hall–Kier alpha value is -1.46. The number of nitrogens with one attached hydrogen (secondary N) is 1. The zero-order valence-corrected chi connectivity index (χ0v) is 12.2. The number of hydrogen-bond donors (Lipinski definition) is 2. The molecule has 1 atom stereocenters. The highest BCUT2D eigenvalue weighted by molar-refractivity contribution is 5.55. The highest BCUT2D eigenvalue weighted by Crippen LogP contribution is 2.34. The molecule has 0 aromatic heterocycles. The van der Waals surface area contributed by atoms with Gasteiger partial charge in [0.2, 0.25) is 6.79 Å². The van der Waals surface area contributed by atoms with E-state index in [4.69, 9.17) is 14.2 Å². The number of fused-ring (bicyclic) bond motifs is 1. The lowest BCUT2D eigenvalue weighted by Crippen LogP contribution is -2.28. The van der Waals surface area contributed by atoms with Crippen molar-refractivity contribution in [2.75, 3.05) is 25.3 Å². The molecule has 5 heteroatoms. The Morgan fingerprint density at radius 1 is 1.19 bits per heavy atom. The SMILES string of the molecule is OC(CNc1ccc2c(c1)OCO2)COC1CCCCC1. The summed E-state index contributed by atoms with van der Waals surface area (Å²) in [7, 11) is 0. The lowest BCUT2D eigenvalue weighted by atomic mass is 9.98. The molecule has 1 aliphatic carbocycles. The Labute approximate surface area is 125 Å². The monoisotopic (exact) mass is 293 g/mol. The Balaban J connectivity index is 1.40. The van der Waals surface area contributed by atoms with Gasteiger partial charge in [-0.1, -0.05) is 19.3 Å². The summed E-state index contributed by atoms with van der Waals surface area (Å²) >= 11 is 0. The van der Waals surface area contributed by atoms with Gasteiger partial charge in [-0.3, -0.25) is 0 Å². The van der Waals surface area contributed by atoms with Crippen LogP contribution in [0.1, 0.15) is 32.1 Å². The zero-order chi connectivity index (χ0) is 14.5. The normalized spacial score (nSPS) is 19.5. The molecule has 5 nitrogen and oxygen atoms in total. The summed E-state index contributed by atoms with van der Waals surface area (Å²) in [6.45, 7) is 1.13. The number of anilines is 1. The minimum Gasteiger partial charge on any atom is -0.454 e. The van der Waals surface area contributed by atoms with Gasteiger partial charge in [0.25, 0.3) is 0 Å². The fourth-order valence-corrected chi connectivity index (χ4v) is 2.78. The molecule has 3 rings (SSSR count). The van der Waals surface area contributed by atoms with Crippen molar-refractivity contribution >= 4 is 5.69 Å². The van der Waals surface area contributed by atoms with E-state index >= 15 is 0 Å². The molecule has 2 aliphatic rings. The quantitative estimate of drug-likeness (QED) is 0.844. The first-order valence-electron chi connectivity index (χ1n) is 7.74. The van der Waals surface area contributed by atoms with E-state index in [0.717, 1.165) is 30.0 Å². The molecule has 0 amide bonds. The van der Waals surface area contributed by atoms with Crippen LogP contribution in [0.25, 0.3) is 0 Å². The molecule has 1 aromatic carbocycles. The van der Waals surface area contributed by atoms with Crippen LogP contribution in [0, 0.1) is 0 Å². The van der Waals surface area contributed by atoms with Gasteiger partial charge in [-0.2, -0.15) is 0 Å². The Morgan fingerprint density at radius 3 is 2.86 bits per heavy atom. The van der Waals surface area contributed by atoms with Crippen molar-refractivity contribution in [1.82, 2.24) is 0 Å². The second-order valence-corrected chi connectivity index (χ2v) is 5.70. The van der Waals surface area contributed by atoms with Gasteiger partial charge in [-0.05, 0) is 25.0 Å². The highest BCUT2D eigenvalue weighted by Gasteiger charge is 2.16. The van der Waals surface area contributed by atoms with Crippen LogP contribution < -0.4 is 14.8 Å². The molecule has 0 bridgehead atoms. The average Bonchev–Trinajstić information content (AvgIpc) is 2.99. The molecule has 1 fully saturated rings. The molecule has 1 aliphatic heterocycles. The predicted molar refractivity (Wildman–Crippen MR) is 79.9 cm³/mol. The molecular formula is C16H23NO4. The van der Waals surface area contributed by atoms with E-state index < -0.39 is 6.10 Å². The van der Waals surface area contributed by atoms with Crippen molar-refractivity contribution in [3.05, 3.63) is 18.2 Å². The van der Waals surface area contributed by atoms with Crippen molar-refractivity contribution in [2.45, 2.75) is 44.3 Å². The van der Waals surface area contributed by atoms with Gasteiger partial charge in [0.1, 0.15) is 0 Å². The van der Waals surface area contributed by atoms with Gasteiger partial charge in [-0.15, -0.1) is 0 Å². The second kappa shape index (κ2) is 7.00. The predicted octanol–water partition coefficient (Wildman–Crippen LogP) is 2.54. The van der Waals surface area contributed by atoms with Gasteiger partial charge in [-0.25, -0.2) is 0 Å². The van der Waals surface area contributed by atoms with E-state index in [1.807, 2.05) is 18.2 Å². The largest absolute Gasteiger partial charge is 0.454 e. The summed E-state index contributed by atoms with van der Waals surface area (Å²) in [4.78, 5) is 0. The van der Waals surface area contributed by atoms with Crippen LogP contribution in [0.2, 0.25) is 0 Å². The maximum Gasteiger partial charge on any atom is 0.231 e. The Bertz CT molecular complexity index is 460. The third kappa shape index (κ3) is 4.02. The van der Waals surface area contributed by atoms with Crippen molar-refractivity contribution in [3.8, 4) is 11.5 Å². The molecule has 21 heavy (non-hydrogen) atoms. The fraction of sp³-hybridized carbons (Fsp3) is 0.625. The van der Waals surface area contributed by atoms with E-state index in [1.54, 1.807) is 0 Å². The van der Waals surface area contributed by atoms with Crippen molar-refractivity contribution < 1.29 is 19.3 Å². The molecule has 116 valence electrons. The molecule has 0 saturated heterocycles. The van der Waals surface area contributed by atoms with Gasteiger partial charge in [0, 0.05) is 18.3 Å². The molecule has 1 aromatic rings. The van der Waals surface area contributed by atoms with Crippen LogP contribution in [0.4, 0.5) is 5.69 Å². The van der Waals surface area contributed by atoms with Crippen LogP contribution in [0.15, 0.2) is 18.2 Å². The summed E-state index contributed by atoms with van der Waals surface area (Å²) in [5.74, 6) is 1.51. The fourth-order valence-electron chi connectivity index (χ4n) is 2.78. The molecule has 1 saturated carbocycles. The number of benzene rings is 1. The molecule has 1 heterocycles. The number of hydrogen-bond acceptors (Lipinski definition) is 5. The van der Waals surface area contributed by atoms with Crippen LogP contribution in [0.3, 0.4) is 0 Å². The summed E-state index contributed by atoms with van der Waals surface area (Å²) in [5, 5.41) is 13.2. The molecule has 0 radical (unpaired) electrons. The smallest absolute Gasteiger partial charge is 0.231 e. The summed E-state index contributed by atoms with van der Waals surface area (Å²) in [6, 6.07) is 5.68. The topological polar surface area (TPSA) is 60.0 Å². The van der Waals surface area contributed by atoms with E-state index in [9.17, 15) is 5.11 Å². The Kier molecular flexibility index (Phi) is 4.83. The van der Waals surface area contributed by atoms with Gasteiger partial charge >= 0.3 is 0 Å².